The number of rotatable bonds is 7. The highest BCUT2D eigenvalue weighted by atomic mass is 32.1. The summed E-state index contributed by atoms with van der Waals surface area (Å²) in [7, 11) is 0. The Labute approximate surface area is 108 Å². The first-order valence-electron chi connectivity index (χ1n) is 5.50. The summed E-state index contributed by atoms with van der Waals surface area (Å²) < 4.78 is 0. The minimum atomic E-state index is -0.0674. The van der Waals surface area contributed by atoms with Crippen molar-refractivity contribution in [3.63, 3.8) is 0 Å². The van der Waals surface area contributed by atoms with E-state index in [1.165, 1.54) is 0 Å². The number of hydrogen-bond donors (Lipinski definition) is 1. The first kappa shape index (κ1) is 13.6. The van der Waals surface area contributed by atoms with Crippen LogP contribution in [0.1, 0.15) is 11.6 Å². The van der Waals surface area contributed by atoms with E-state index in [9.17, 15) is 0 Å². The lowest BCUT2D eigenvalue weighted by Gasteiger charge is -2.29. The van der Waals surface area contributed by atoms with Crippen molar-refractivity contribution in [2.24, 2.45) is 5.73 Å². The molecule has 1 aromatic rings. The molecule has 1 atom stereocenters. The molecule has 0 saturated carbocycles. The lowest BCUT2D eigenvalue weighted by molar-refractivity contribution is 0.301. The van der Waals surface area contributed by atoms with E-state index < -0.39 is 0 Å². The van der Waals surface area contributed by atoms with E-state index in [0.29, 0.717) is 4.99 Å². The minimum Gasteiger partial charge on any atom is -0.392 e. The molecule has 0 spiro atoms. The standard InChI is InChI=1S/C14H18N2S/c1-3-10-16(11-4-2)13(14(15)17)12-8-6-5-7-9-12/h3-9,13H,1-2,10-11H2,(H2,15,17). The van der Waals surface area contributed by atoms with Gasteiger partial charge in [-0.15, -0.1) is 13.2 Å². The summed E-state index contributed by atoms with van der Waals surface area (Å²) in [5.74, 6) is 0. The molecule has 0 saturated heterocycles. The summed E-state index contributed by atoms with van der Waals surface area (Å²) in [6, 6.07) is 9.95. The van der Waals surface area contributed by atoms with Gasteiger partial charge >= 0.3 is 0 Å². The Kier molecular flexibility index (Phi) is 5.60. The topological polar surface area (TPSA) is 29.3 Å². The number of hydrogen-bond acceptors (Lipinski definition) is 2. The third kappa shape index (κ3) is 3.80. The number of nitrogens with two attached hydrogens (primary N) is 1. The third-order valence-corrected chi connectivity index (χ3v) is 2.70. The highest BCUT2D eigenvalue weighted by molar-refractivity contribution is 7.80. The van der Waals surface area contributed by atoms with Crippen molar-refractivity contribution >= 4 is 17.2 Å². The monoisotopic (exact) mass is 246 g/mol. The molecule has 0 aliphatic carbocycles. The van der Waals surface area contributed by atoms with E-state index >= 15 is 0 Å². The van der Waals surface area contributed by atoms with Crippen molar-refractivity contribution in [2.75, 3.05) is 13.1 Å². The highest BCUT2D eigenvalue weighted by Gasteiger charge is 2.20. The summed E-state index contributed by atoms with van der Waals surface area (Å²) in [5.41, 5.74) is 6.95. The Morgan fingerprint density at radius 3 is 2.18 bits per heavy atom. The second kappa shape index (κ2) is 6.99. The number of nitrogens with zero attached hydrogens (tertiary/aromatic N) is 1. The molecule has 3 heteroatoms. The van der Waals surface area contributed by atoms with Crippen LogP contribution >= 0.6 is 12.2 Å². The molecule has 0 aliphatic rings. The van der Waals surface area contributed by atoms with Crippen molar-refractivity contribution < 1.29 is 0 Å². The SMILES string of the molecule is C=CCN(CC=C)C(C(N)=S)c1ccccc1. The van der Waals surface area contributed by atoms with Gasteiger partial charge in [0.1, 0.15) is 0 Å². The molecule has 0 aromatic heterocycles. The first-order chi connectivity index (χ1) is 8.20. The van der Waals surface area contributed by atoms with Gasteiger partial charge < -0.3 is 5.73 Å². The second-order valence-corrected chi connectivity index (χ2v) is 4.22. The van der Waals surface area contributed by atoms with Gasteiger partial charge in [0.2, 0.25) is 0 Å². The van der Waals surface area contributed by atoms with Gasteiger partial charge in [0.05, 0.1) is 11.0 Å². The summed E-state index contributed by atoms with van der Waals surface area (Å²) in [6.07, 6.45) is 3.69. The van der Waals surface area contributed by atoms with E-state index in [1.807, 2.05) is 42.5 Å². The molecule has 0 heterocycles. The second-order valence-electron chi connectivity index (χ2n) is 3.75. The van der Waals surface area contributed by atoms with E-state index in [4.69, 9.17) is 18.0 Å². The van der Waals surface area contributed by atoms with E-state index in [0.717, 1.165) is 18.7 Å². The van der Waals surface area contributed by atoms with Crippen LogP contribution in [0.5, 0.6) is 0 Å². The van der Waals surface area contributed by atoms with Crippen molar-refractivity contribution in [3.8, 4) is 0 Å². The van der Waals surface area contributed by atoms with Crippen molar-refractivity contribution in [1.29, 1.82) is 0 Å². The molecular formula is C14H18N2S. The van der Waals surface area contributed by atoms with Crippen LogP contribution < -0.4 is 5.73 Å². The predicted octanol–water partition coefficient (Wildman–Crippen LogP) is 2.69. The van der Waals surface area contributed by atoms with E-state index in [2.05, 4.69) is 18.1 Å². The lowest BCUT2D eigenvalue weighted by Crippen LogP contribution is -2.37. The first-order valence-corrected chi connectivity index (χ1v) is 5.91. The fourth-order valence-electron chi connectivity index (χ4n) is 1.81. The van der Waals surface area contributed by atoms with Crippen LogP contribution in [-0.2, 0) is 0 Å². The van der Waals surface area contributed by atoms with Gasteiger partial charge in [-0.1, -0.05) is 54.7 Å². The van der Waals surface area contributed by atoms with Crippen LogP contribution in [0.4, 0.5) is 0 Å². The molecule has 0 fully saturated rings. The largest absolute Gasteiger partial charge is 0.392 e. The summed E-state index contributed by atoms with van der Waals surface area (Å²) in [4.78, 5) is 2.61. The van der Waals surface area contributed by atoms with Crippen molar-refractivity contribution in [3.05, 3.63) is 61.2 Å². The molecule has 2 N–H and O–H groups in total. The maximum absolute atomic E-state index is 5.85. The van der Waals surface area contributed by atoms with Gasteiger partial charge in [0, 0.05) is 13.1 Å². The average molecular weight is 246 g/mol. The van der Waals surface area contributed by atoms with Crippen LogP contribution in [0.25, 0.3) is 0 Å². The Hall–Kier alpha value is -1.45. The average Bonchev–Trinajstić information content (AvgIpc) is 2.31. The number of benzene rings is 1. The van der Waals surface area contributed by atoms with E-state index in [-0.39, 0.29) is 6.04 Å². The zero-order valence-electron chi connectivity index (χ0n) is 9.88. The quantitative estimate of drug-likeness (QED) is 0.592. The fraction of sp³-hybridized carbons (Fsp3) is 0.214. The molecule has 17 heavy (non-hydrogen) atoms. The smallest absolute Gasteiger partial charge is 0.0948 e. The van der Waals surface area contributed by atoms with Gasteiger partial charge in [0.15, 0.2) is 0 Å². The molecule has 1 rings (SSSR count). The molecule has 0 radical (unpaired) electrons. The Morgan fingerprint density at radius 1 is 1.24 bits per heavy atom. The zero-order valence-corrected chi connectivity index (χ0v) is 10.7. The molecule has 2 nitrogen and oxygen atoms in total. The Balaban J connectivity index is 3.01. The van der Waals surface area contributed by atoms with E-state index in [1.54, 1.807) is 0 Å². The summed E-state index contributed by atoms with van der Waals surface area (Å²) >= 11 is 5.17. The van der Waals surface area contributed by atoms with Crippen LogP contribution in [0.3, 0.4) is 0 Å². The number of thiocarbonyl (C=S) groups is 1. The molecule has 0 aliphatic heterocycles. The van der Waals surface area contributed by atoms with Gasteiger partial charge in [-0.3, -0.25) is 4.90 Å². The van der Waals surface area contributed by atoms with Crippen molar-refractivity contribution in [2.45, 2.75) is 6.04 Å². The highest BCUT2D eigenvalue weighted by Crippen LogP contribution is 2.20. The zero-order chi connectivity index (χ0) is 12.7. The van der Waals surface area contributed by atoms with Crippen molar-refractivity contribution in [1.82, 2.24) is 4.90 Å². The van der Waals surface area contributed by atoms with Crippen LogP contribution in [0.15, 0.2) is 55.6 Å². The minimum absolute atomic E-state index is 0.0674. The fourth-order valence-corrected chi connectivity index (χ4v) is 2.09. The predicted molar refractivity (Wildman–Crippen MR) is 77.9 cm³/mol. The molecular weight excluding hydrogens is 228 g/mol. The third-order valence-electron chi connectivity index (χ3n) is 2.48. The molecule has 90 valence electrons. The van der Waals surface area contributed by atoms with Gasteiger partial charge in [-0.25, -0.2) is 0 Å². The maximum atomic E-state index is 5.85. The Bertz CT molecular complexity index is 376. The Morgan fingerprint density at radius 2 is 1.76 bits per heavy atom. The lowest BCUT2D eigenvalue weighted by atomic mass is 10.1. The van der Waals surface area contributed by atoms with Gasteiger partial charge in [-0.05, 0) is 5.56 Å². The molecule has 0 amide bonds. The normalized spacial score (nSPS) is 12.1. The van der Waals surface area contributed by atoms with Crippen LogP contribution in [-0.4, -0.2) is 23.0 Å². The van der Waals surface area contributed by atoms with Gasteiger partial charge in [-0.2, -0.15) is 0 Å². The summed E-state index contributed by atoms with van der Waals surface area (Å²) in [5, 5.41) is 0. The van der Waals surface area contributed by atoms with Gasteiger partial charge in [0.25, 0.3) is 0 Å². The molecule has 1 aromatic carbocycles. The molecule has 0 bridgehead atoms. The van der Waals surface area contributed by atoms with Crippen LogP contribution in [0, 0.1) is 0 Å². The van der Waals surface area contributed by atoms with Crippen LogP contribution in [0.2, 0.25) is 0 Å². The maximum Gasteiger partial charge on any atom is 0.0948 e. The molecule has 1 unspecified atom stereocenters. The summed E-state index contributed by atoms with van der Waals surface area (Å²) in [6.45, 7) is 8.97.